The molecule has 0 aliphatic carbocycles. The molecule has 0 fully saturated rings. The number of hydrogen-bond donors (Lipinski definition) is 2. The first kappa shape index (κ1) is 21.2. The summed E-state index contributed by atoms with van der Waals surface area (Å²) in [6, 6.07) is 15.8. The largest absolute Gasteiger partial charge is 0.463 e. The zero-order chi connectivity index (χ0) is 20.5. The lowest BCUT2D eigenvalue weighted by Gasteiger charge is -2.19. The van der Waals surface area contributed by atoms with Gasteiger partial charge in [0.25, 0.3) is 5.91 Å². The number of esters is 1. The van der Waals surface area contributed by atoms with Gasteiger partial charge in [0.1, 0.15) is 0 Å². The number of rotatable bonds is 8. The Labute approximate surface area is 165 Å². The van der Waals surface area contributed by atoms with Crippen molar-refractivity contribution in [2.75, 3.05) is 6.54 Å². The molecule has 0 saturated heterocycles. The standard InChI is InChI=1S/C22H26N2O4/c1-15(2)28-21(26)13-19(17-9-5-4-6-10-17)24-20(25)14-23-22(27)18-11-7-8-16(3)12-18/h4-12,15,19H,13-14H2,1-3H3,(H,23,27)(H,24,25). The summed E-state index contributed by atoms with van der Waals surface area (Å²) >= 11 is 0. The fourth-order valence-corrected chi connectivity index (χ4v) is 2.71. The Morgan fingerprint density at radius 2 is 1.71 bits per heavy atom. The van der Waals surface area contributed by atoms with Crippen molar-refractivity contribution >= 4 is 17.8 Å². The van der Waals surface area contributed by atoms with Crippen LogP contribution in [0.1, 0.15) is 47.8 Å². The highest BCUT2D eigenvalue weighted by Crippen LogP contribution is 2.17. The fourth-order valence-electron chi connectivity index (χ4n) is 2.71. The van der Waals surface area contributed by atoms with E-state index in [2.05, 4.69) is 10.6 Å². The van der Waals surface area contributed by atoms with Gasteiger partial charge in [0, 0.05) is 5.56 Å². The maximum atomic E-state index is 12.4. The third-order valence-electron chi connectivity index (χ3n) is 3.96. The Morgan fingerprint density at radius 3 is 2.36 bits per heavy atom. The van der Waals surface area contributed by atoms with Crippen LogP contribution in [0.4, 0.5) is 0 Å². The number of amides is 2. The molecular weight excluding hydrogens is 356 g/mol. The maximum absolute atomic E-state index is 12.4. The number of nitrogens with one attached hydrogen (secondary N) is 2. The van der Waals surface area contributed by atoms with Crippen molar-refractivity contribution in [1.82, 2.24) is 10.6 Å². The van der Waals surface area contributed by atoms with E-state index in [1.165, 1.54) is 0 Å². The van der Waals surface area contributed by atoms with Crippen LogP contribution >= 0.6 is 0 Å². The van der Waals surface area contributed by atoms with E-state index in [9.17, 15) is 14.4 Å². The van der Waals surface area contributed by atoms with Crippen LogP contribution in [0.2, 0.25) is 0 Å². The second-order valence-corrected chi connectivity index (χ2v) is 6.83. The Morgan fingerprint density at radius 1 is 1.00 bits per heavy atom. The molecule has 6 nitrogen and oxygen atoms in total. The highest BCUT2D eigenvalue weighted by Gasteiger charge is 2.20. The monoisotopic (exact) mass is 382 g/mol. The molecule has 0 aromatic heterocycles. The molecule has 1 unspecified atom stereocenters. The molecule has 148 valence electrons. The van der Waals surface area contributed by atoms with Crippen molar-refractivity contribution in [2.45, 2.75) is 39.3 Å². The van der Waals surface area contributed by atoms with Gasteiger partial charge in [0.05, 0.1) is 25.1 Å². The van der Waals surface area contributed by atoms with Gasteiger partial charge >= 0.3 is 5.97 Å². The molecule has 2 aromatic carbocycles. The van der Waals surface area contributed by atoms with Gasteiger partial charge in [-0.3, -0.25) is 14.4 Å². The topological polar surface area (TPSA) is 84.5 Å². The summed E-state index contributed by atoms with van der Waals surface area (Å²) in [4.78, 5) is 36.6. The molecule has 2 aromatic rings. The number of aryl methyl sites for hydroxylation is 1. The van der Waals surface area contributed by atoms with Crippen molar-refractivity contribution in [3.05, 3.63) is 71.3 Å². The summed E-state index contributed by atoms with van der Waals surface area (Å²) in [7, 11) is 0. The Kier molecular flexibility index (Phi) is 7.75. The maximum Gasteiger partial charge on any atom is 0.308 e. The second kappa shape index (κ2) is 10.3. The molecule has 2 amide bonds. The molecule has 0 saturated carbocycles. The second-order valence-electron chi connectivity index (χ2n) is 6.83. The highest BCUT2D eigenvalue weighted by atomic mass is 16.5. The molecule has 28 heavy (non-hydrogen) atoms. The van der Waals surface area contributed by atoms with Crippen LogP contribution in [-0.2, 0) is 14.3 Å². The molecule has 0 spiro atoms. The minimum Gasteiger partial charge on any atom is -0.463 e. The summed E-state index contributed by atoms with van der Waals surface area (Å²) in [6.45, 7) is 5.25. The SMILES string of the molecule is Cc1cccc(C(=O)NCC(=O)NC(CC(=O)OC(C)C)c2ccccc2)c1. The molecule has 0 aliphatic rings. The van der Waals surface area contributed by atoms with E-state index in [0.717, 1.165) is 11.1 Å². The number of benzene rings is 2. The number of hydrogen-bond acceptors (Lipinski definition) is 4. The van der Waals surface area contributed by atoms with Crippen LogP contribution in [-0.4, -0.2) is 30.4 Å². The van der Waals surface area contributed by atoms with Gasteiger partial charge in [-0.15, -0.1) is 0 Å². The van der Waals surface area contributed by atoms with E-state index in [-0.39, 0.29) is 30.9 Å². The van der Waals surface area contributed by atoms with Gasteiger partial charge in [0.2, 0.25) is 5.91 Å². The molecule has 1 atom stereocenters. The molecule has 6 heteroatoms. The first-order valence-corrected chi connectivity index (χ1v) is 9.24. The zero-order valence-corrected chi connectivity index (χ0v) is 16.4. The summed E-state index contributed by atoms with van der Waals surface area (Å²) in [6.07, 6.45) is -0.215. The third-order valence-corrected chi connectivity index (χ3v) is 3.96. The lowest BCUT2D eigenvalue weighted by Crippen LogP contribution is -2.39. The van der Waals surface area contributed by atoms with E-state index < -0.39 is 12.0 Å². The van der Waals surface area contributed by atoms with Crippen molar-refractivity contribution < 1.29 is 19.1 Å². The van der Waals surface area contributed by atoms with Crippen molar-refractivity contribution in [2.24, 2.45) is 0 Å². The molecule has 0 aliphatic heterocycles. The van der Waals surface area contributed by atoms with Gasteiger partial charge < -0.3 is 15.4 Å². The molecule has 2 N–H and O–H groups in total. The third kappa shape index (κ3) is 6.87. The quantitative estimate of drug-likeness (QED) is 0.688. The predicted molar refractivity (Wildman–Crippen MR) is 107 cm³/mol. The molecular formula is C22H26N2O4. The highest BCUT2D eigenvalue weighted by molar-refractivity contribution is 5.96. The van der Waals surface area contributed by atoms with Gasteiger partial charge in [-0.05, 0) is 38.5 Å². The van der Waals surface area contributed by atoms with Crippen molar-refractivity contribution in [3.8, 4) is 0 Å². The van der Waals surface area contributed by atoms with Crippen LogP contribution in [0.3, 0.4) is 0 Å². The first-order chi connectivity index (χ1) is 13.3. The zero-order valence-electron chi connectivity index (χ0n) is 16.4. The number of carbonyl (C=O) groups excluding carboxylic acids is 3. The first-order valence-electron chi connectivity index (χ1n) is 9.24. The van der Waals surface area contributed by atoms with Crippen molar-refractivity contribution in [3.63, 3.8) is 0 Å². The summed E-state index contributed by atoms with van der Waals surface area (Å²) in [5.74, 6) is -1.10. The van der Waals surface area contributed by atoms with Crippen LogP contribution in [0.5, 0.6) is 0 Å². The lowest BCUT2D eigenvalue weighted by molar-refractivity contribution is -0.148. The fraction of sp³-hybridized carbons (Fsp3) is 0.318. The Bertz CT molecular complexity index is 818. The van der Waals surface area contributed by atoms with Crippen molar-refractivity contribution in [1.29, 1.82) is 0 Å². The van der Waals surface area contributed by atoms with Crippen LogP contribution in [0.25, 0.3) is 0 Å². The van der Waals surface area contributed by atoms with Crippen LogP contribution in [0.15, 0.2) is 54.6 Å². The average molecular weight is 382 g/mol. The molecule has 0 bridgehead atoms. The summed E-state index contributed by atoms with van der Waals surface area (Å²) in [5.41, 5.74) is 2.25. The summed E-state index contributed by atoms with van der Waals surface area (Å²) < 4.78 is 5.19. The molecule has 2 rings (SSSR count). The van der Waals surface area contributed by atoms with E-state index in [1.54, 1.807) is 32.0 Å². The Hall–Kier alpha value is -3.15. The Balaban J connectivity index is 1.97. The lowest BCUT2D eigenvalue weighted by atomic mass is 10.0. The number of ether oxygens (including phenoxy) is 1. The van der Waals surface area contributed by atoms with Crippen LogP contribution in [0, 0.1) is 6.92 Å². The van der Waals surface area contributed by atoms with Gasteiger partial charge in [-0.1, -0.05) is 48.0 Å². The smallest absolute Gasteiger partial charge is 0.308 e. The van der Waals surface area contributed by atoms with Gasteiger partial charge in [-0.2, -0.15) is 0 Å². The van der Waals surface area contributed by atoms with Crippen LogP contribution < -0.4 is 10.6 Å². The molecule has 0 heterocycles. The van der Waals surface area contributed by atoms with Gasteiger partial charge in [-0.25, -0.2) is 0 Å². The summed E-state index contributed by atoms with van der Waals surface area (Å²) in [5, 5.41) is 5.40. The van der Waals surface area contributed by atoms with E-state index in [4.69, 9.17) is 4.74 Å². The average Bonchev–Trinajstić information content (AvgIpc) is 2.65. The van der Waals surface area contributed by atoms with E-state index in [1.807, 2.05) is 43.3 Å². The normalized spacial score (nSPS) is 11.6. The predicted octanol–water partition coefficient (Wildman–Crippen LogP) is 2.92. The number of carbonyl (C=O) groups is 3. The van der Waals surface area contributed by atoms with E-state index >= 15 is 0 Å². The minimum absolute atomic E-state index is 0.0137. The minimum atomic E-state index is -0.532. The molecule has 0 radical (unpaired) electrons. The van der Waals surface area contributed by atoms with E-state index in [0.29, 0.717) is 5.56 Å². The van der Waals surface area contributed by atoms with Gasteiger partial charge in [0.15, 0.2) is 0 Å².